The Kier molecular flexibility index (Phi) is 29.5. The van der Waals surface area contributed by atoms with Crippen LogP contribution in [0.1, 0.15) is 187 Å². The first-order valence-corrected chi connectivity index (χ1v) is 40.5. The predicted molar refractivity (Wildman–Crippen MR) is 264 cm³/mol. The van der Waals surface area contributed by atoms with Crippen LogP contribution in [0.2, 0.25) is 84.6 Å². The van der Waals surface area contributed by atoms with Gasteiger partial charge in [0.1, 0.15) is 0 Å². The molecule has 0 spiro atoms. The Morgan fingerprint density at radius 3 is 0.353 bits per heavy atom. The summed E-state index contributed by atoms with van der Waals surface area (Å²) in [4.78, 5) is 0. The van der Waals surface area contributed by atoms with Crippen LogP contribution in [-0.2, 0) is 0 Å². The van der Waals surface area contributed by atoms with E-state index in [0.29, 0.717) is 45.3 Å². The van der Waals surface area contributed by atoms with Gasteiger partial charge < -0.3 is 0 Å². The molecular formula is C42H99Ge3Si6. The molecule has 0 fully saturated rings. The van der Waals surface area contributed by atoms with E-state index in [1.54, 1.807) is 0 Å². The van der Waals surface area contributed by atoms with Gasteiger partial charge >= 0.3 is 28.0 Å². The van der Waals surface area contributed by atoms with Crippen LogP contribution in [0.4, 0.5) is 0 Å². The summed E-state index contributed by atoms with van der Waals surface area (Å²) in [7, 11) is -1.25. The quantitative estimate of drug-likeness (QED) is 0.242. The van der Waals surface area contributed by atoms with Crippen molar-refractivity contribution in [1.29, 1.82) is 0 Å². The van der Waals surface area contributed by atoms with Gasteiger partial charge in [0.25, 0.3) is 0 Å². The summed E-state index contributed by atoms with van der Waals surface area (Å²) < 4.78 is 0. The van der Waals surface area contributed by atoms with Gasteiger partial charge in [0.15, 0.2) is 0 Å². The van der Waals surface area contributed by atoms with E-state index in [9.17, 15) is 0 Å². The molecule has 0 aromatic carbocycles. The first-order chi connectivity index (χ1) is 20.8. The van der Waals surface area contributed by atoms with Gasteiger partial charge in [-0.05, 0) is 45.3 Å². The molecule has 0 heterocycles. The number of hydrogen-bond acceptors (Lipinski definition) is 0. The zero-order chi connectivity index (χ0) is 42.9. The van der Waals surface area contributed by atoms with Crippen molar-refractivity contribution in [1.82, 2.24) is 0 Å². The Labute approximate surface area is 364 Å². The zero-order valence-corrected chi connectivity index (χ0v) is 54.3. The Morgan fingerprint density at radius 1 is 0.275 bits per heavy atom. The molecule has 0 unspecified atom stereocenters. The molecule has 51 heavy (non-hydrogen) atoms. The minimum atomic E-state index is -0.703. The molecule has 0 nitrogen and oxygen atoms in total. The average molecular weight is 991 g/mol. The van der Waals surface area contributed by atoms with E-state index in [-0.39, 0.29) is 17.6 Å². The van der Waals surface area contributed by atoms with E-state index in [1.807, 2.05) is 28.0 Å². The van der Waals surface area contributed by atoms with E-state index in [1.165, 1.54) is 8.55 Å². The van der Waals surface area contributed by atoms with Crippen LogP contribution in [0.5, 0.6) is 0 Å². The van der Waals surface area contributed by atoms with E-state index < -0.39 is 41.6 Å². The summed E-state index contributed by atoms with van der Waals surface area (Å²) in [6.07, 6.45) is 0. The Balaban J connectivity index is -0.000000130. The van der Waals surface area contributed by atoms with Crippen molar-refractivity contribution in [3.8, 4) is 0 Å². The summed E-state index contributed by atoms with van der Waals surface area (Å²) in [6.45, 7) is 79.7. The van der Waals surface area contributed by atoms with Gasteiger partial charge in [0, 0.05) is 41.3 Å². The van der Waals surface area contributed by atoms with Crippen LogP contribution >= 0.6 is 0 Å². The molecule has 0 saturated heterocycles. The molecule has 0 aliphatic carbocycles. The van der Waals surface area contributed by atoms with Gasteiger partial charge in [-0.3, -0.25) is 0 Å². The summed E-state index contributed by atoms with van der Waals surface area (Å²) in [6, 6.07) is 0. The molecule has 0 bridgehead atoms. The molecule has 13 radical (unpaired) electrons. The molecule has 0 atom stereocenters. The maximum atomic E-state index is 2.48. The van der Waals surface area contributed by atoms with Crippen molar-refractivity contribution in [2.45, 2.75) is 272 Å². The summed E-state index contributed by atoms with van der Waals surface area (Å²) >= 11 is 4.00. The monoisotopic (exact) mass is 993 g/mol. The third-order valence-corrected chi connectivity index (χ3v) is 40.5. The Morgan fingerprint density at radius 2 is 0.353 bits per heavy atom. The van der Waals surface area contributed by atoms with Crippen LogP contribution in [0.25, 0.3) is 0 Å². The van der Waals surface area contributed by atoms with E-state index >= 15 is 0 Å². The van der Waals surface area contributed by atoms with Crippen LogP contribution in [0.3, 0.4) is 0 Å². The molecule has 0 saturated carbocycles. The van der Waals surface area contributed by atoms with Crippen LogP contribution < -0.4 is 0 Å². The molecule has 0 aliphatic rings. The van der Waals surface area contributed by atoms with Crippen molar-refractivity contribution in [3.05, 3.63) is 0 Å². The first-order valence-electron chi connectivity index (χ1n) is 19.5. The third-order valence-electron chi connectivity index (χ3n) is 7.50. The second-order valence-electron chi connectivity index (χ2n) is 26.0. The molecule has 0 aromatic heterocycles. The Hall–Kier alpha value is 2.93. The molecule has 0 aromatic rings. The average Bonchev–Trinajstić information content (AvgIpc) is 2.55. The fraction of sp³-hybridized carbons (Fsp3) is 1.00. The summed E-state index contributed by atoms with van der Waals surface area (Å²) in [5.74, 6) is 0. The third kappa shape index (κ3) is 34.7. The van der Waals surface area contributed by atoms with Crippen LogP contribution in [-0.4, -0.2) is 95.7 Å². The van der Waals surface area contributed by atoms with E-state index in [2.05, 4.69) is 226 Å². The summed E-state index contributed by atoms with van der Waals surface area (Å²) in [5.41, 5.74) is 0. The maximum absolute atomic E-state index is 2.48. The van der Waals surface area contributed by atoms with E-state index in [4.69, 9.17) is 0 Å². The van der Waals surface area contributed by atoms with Crippen LogP contribution in [0.15, 0.2) is 0 Å². The van der Waals surface area contributed by atoms with Crippen molar-refractivity contribution < 1.29 is 0 Å². The summed E-state index contributed by atoms with van der Waals surface area (Å²) in [5, 5.41) is 4.39. The topological polar surface area (TPSA) is 0 Å². The number of hydrogen-bond donors (Lipinski definition) is 0. The molecule has 0 N–H and O–H groups in total. The van der Waals surface area contributed by atoms with Gasteiger partial charge in [-0.25, -0.2) is 0 Å². The standard InChI is InChI=1S/3C12H27Si.C6H18Si3.Ge2.Ge/c3*1-10(2,3)13(11(4,5)6)12(7,8)9;1-8(2,3)7-9(4,5)6;1-2;/h3*1-9H3;1-6H3;;. The second kappa shape index (κ2) is 22.9. The van der Waals surface area contributed by atoms with Gasteiger partial charge in [0.05, 0.1) is 26.4 Å². The predicted octanol–water partition coefficient (Wildman–Crippen LogP) is 15.9. The molecule has 9 heteroatoms. The van der Waals surface area contributed by atoms with E-state index in [0.717, 1.165) is 0 Å². The van der Waals surface area contributed by atoms with Gasteiger partial charge in [-0.15, -0.1) is 0 Å². The van der Waals surface area contributed by atoms with Crippen molar-refractivity contribution in [2.24, 2.45) is 0 Å². The van der Waals surface area contributed by atoms with Crippen molar-refractivity contribution in [2.75, 3.05) is 0 Å². The molecule has 303 valence electrons. The fourth-order valence-electron chi connectivity index (χ4n) is 11.2. The molecular weight excluding hydrogens is 891 g/mol. The van der Waals surface area contributed by atoms with Crippen molar-refractivity contribution >= 4 is 95.7 Å². The van der Waals surface area contributed by atoms with Crippen molar-refractivity contribution in [3.63, 3.8) is 0 Å². The zero-order valence-electron chi connectivity index (χ0n) is 42.0. The fourth-order valence-corrected chi connectivity index (χ4v) is 60.8. The molecule has 0 amide bonds. The first kappa shape index (κ1) is 65.8. The minimum absolute atomic E-state index is 0. The second-order valence-corrected chi connectivity index (χ2v) is 63.0. The SMILES string of the molecule is CC(C)(C)[Si](C(C)(C)C)C(C)(C)C.CC(C)(C)[Si](C(C)(C)C)C(C)(C)C.CC(C)(C)[Si](C(C)(C)C)C(C)(C)C.C[Si](C)(C)[Si][Si](C)(C)C.[Ge].[Ge]=[Ge]. The normalized spacial score (nSPS) is 14.2. The molecule has 0 rings (SSSR count). The Bertz CT molecular complexity index is 691. The van der Waals surface area contributed by atoms with Crippen LogP contribution in [0, 0.1) is 0 Å². The number of rotatable bonds is 2. The van der Waals surface area contributed by atoms with Gasteiger partial charge in [0.2, 0.25) is 0 Å². The van der Waals surface area contributed by atoms with Gasteiger partial charge in [-0.1, -0.05) is 226 Å². The van der Waals surface area contributed by atoms with Gasteiger partial charge in [-0.2, -0.15) is 0 Å². The molecule has 0 aliphatic heterocycles.